The van der Waals surface area contributed by atoms with Gasteiger partial charge in [0, 0.05) is 11.3 Å². The summed E-state index contributed by atoms with van der Waals surface area (Å²) in [7, 11) is 0. The van der Waals surface area contributed by atoms with Gasteiger partial charge < -0.3 is 14.4 Å². The summed E-state index contributed by atoms with van der Waals surface area (Å²) >= 11 is 1.49. The summed E-state index contributed by atoms with van der Waals surface area (Å²) in [5.41, 5.74) is 5.30. The Morgan fingerprint density at radius 2 is 1.74 bits per heavy atom. The molecule has 31 heavy (non-hydrogen) atoms. The first-order chi connectivity index (χ1) is 15.0. The minimum atomic E-state index is -0.835. The van der Waals surface area contributed by atoms with Gasteiger partial charge in [0.1, 0.15) is 17.5 Å². The maximum atomic E-state index is 12.7. The van der Waals surface area contributed by atoms with Crippen LogP contribution in [0, 0.1) is 0 Å². The van der Waals surface area contributed by atoms with Crippen molar-refractivity contribution in [2.75, 3.05) is 18.2 Å². The van der Waals surface area contributed by atoms with Crippen molar-refractivity contribution in [2.24, 2.45) is 0 Å². The highest BCUT2D eigenvalue weighted by atomic mass is 32.2. The Kier molecular flexibility index (Phi) is 7.77. The predicted molar refractivity (Wildman–Crippen MR) is 118 cm³/mol. The van der Waals surface area contributed by atoms with E-state index in [1.165, 1.54) is 16.7 Å². The van der Waals surface area contributed by atoms with E-state index in [0.717, 1.165) is 0 Å². The molecular formula is C22H25N3O5S. The molecule has 0 bridgehead atoms. The van der Waals surface area contributed by atoms with Gasteiger partial charge in [0.2, 0.25) is 0 Å². The Labute approximate surface area is 185 Å². The van der Waals surface area contributed by atoms with Crippen LogP contribution in [0.3, 0.4) is 0 Å². The van der Waals surface area contributed by atoms with Crippen molar-refractivity contribution in [1.82, 2.24) is 15.8 Å². The molecule has 1 aliphatic heterocycles. The summed E-state index contributed by atoms with van der Waals surface area (Å²) in [5, 5.41) is 0. The topological polar surface area (TPSA) is 97.0 Å². The van der Waals surface area contributed by atoms with Crippen molar-refractivity contribution in [3.8, 4) is 11.5 Å². The molecular weight excluding hydrogens is 418 g/mol. The van der Waals surface area contributed by atoms with Gasteiger partial charge in [-0.05, 0) is 50.2 Å². The summed E-state index contributed by atoms with van der Waals surface area (Å²) in [6, 6.07) is 15.0. The van der Waals surface area contributed by atoms with Gasteiger partial charge in [0.15, 0.2) is 6.10 Å². The van der Waals surface area contributed by atoms with Crippen molar-refractivity contribution in [2.45, 2.75) is 26.0 Å². The van der Waals surface area contributed by atoms with Crippen LogP contribution in [0.1, 0.15) is 24.2 Å². The van der Waals surface area contributed by atoms with E-state index >= 15 is 0 Å². The third-order valence-corrected chi connectivity index (χ3v) is 5.60. The second-order valence-corrected chi connectivity index (χ2v) is 7.80. The lowest BCUT2D eigenvalue weighted by Gasteiger charge is -2.23. The van der Waals surface area contributed by atoms with Crippen molar-refractivity contribution < 1.29 is 23.9 Å². The van der Waals surface area contributed by atoms with Crippen LogP contribution in [-0.2, 0) is 9.59 Å². The monoisotopic (exact) mass is 443 g/mol. The molecule has 0 saturated carbocycles. The number of hydrogen-bond donors (Lipinski definition) is 2. The Bertz CT molecular complexity index is 907. The molecule has 1 aliphatic rings. The Morgan fingerprint density at radius 1 is 1.06 bits per heavy atom. The van der Waals surface area contributed by atoms with E-state index in [1.54, 1.807) is 55.5 Å². The molecule has 0 aliphatic carbocycles. The number of nitrogens with one attached hydrogen (secondary N) is 2. The molecule has 1 fully saturated rings. The largest absolute Gasteiger partial charge is 0.494 e. The van der Waals surface area contributed by atoms with Crippen LogP contribution < -0.4 is 20.3 Å². The third-order valence-electron chi connectivity index (χ3n) is 4.59. The van der Waals surface area contributed by atoms with Crippen LogP contribution in [0.4, 0.5) is 0 Å². The molecule has 1 saturated heterocycles. The number of hydrazine groups is 1. The predicted octanol–water partition coefficient (Wildman–Crippen LogP) is 2.22. The lowest BCUT2D eigenvalue weighted by atomic mass is 10.1. The summed E-state index contributed by atoms with van der Waals surface area (Å²) in [6.45, 7) is 4.04. The van der Waals surface area contributed by atoms with E-state index in [9.17, 15) is 14.4 Å². The summed E-state index contributed by atoms with van der Waals surface area (Å²) in [5.74, 6) is 0.914. The fourth-order valence-electron chi connectivity index (χ4n) is 2.95. The normalized spacial score (nSPS) is 16.3. The highest BCUT2D eigenvalue weighted by molar-refractivity contribution is 7.99. The summed E-state index contributed by atoms with van der Waals surface area (Å²) < 4.78 is 11.0. The molecule has 2 unspecified atom stereocenters. The number of benzene rings is 2. The van der Waals surface area contributed by atoms with E-state index < -0.39 is 24.0 Å². The average molecular weight is 444 g/mol. The van der Waals surface area contributed by atoms with Crippen LogP contribution >= 0.6 is 11.8 Å². The van der Waals surface area contributed by atoms with Gasteiger partial charge >= 0.3 is 0 Å². The minimum absolute atomic E-state index is 0.218. The van der Waals surface area contributed by atoms with Gasteiger partial charge in [-0.3, -0.25) is 25.2 Å². The number of amides is 3. The zero-order chi connectivity index (χ0) is 22.2. The van der Waals surface area contributed by atoms with Gasteiger partial charge in [-0.25, -0.2) is 0 Å². The Morgan fingerprint density at radius 3 is 2.42 bits per heavy atom. The molecule has 3 rings (SSSR count). The van der Waals surface area contributed by atoms with Crippen molar-refractivity contribution in [3.63, 3.8) is 0 Å². The smallest absolute Gasteiger partial charge is 0.279 e. The first kappa shape index (κ1) is 22.5. The molecule has 3 amide bonds. The molecule has 2 aromatic carbocycles. The van der Waals surface area contributed by atoms with Gasteiger partial charge in [0.25, 0.3) is 17.7 Å². The van der Waals surface area contributed by atoms with Crippen LogP contribution in [0.25, 0.3) is 0 Å². The maximum Gasteiger partial charge on any atom is 0.279 e. The number of thioether (sulfide) groups is 1. The van der Waals surface area contributed by atoms with E-state index in [0.29, 0.717) is 35.3 Å². The van der Waals surface area contributed by atoms with Crippen molar-refractivity contribution in [3.05, 3.63) is 60.2 Å². The molecule has 8 nitrogen and oxygen atoms in total. The third kappa shape index (κ3) is 5.91. The van der Waals surface area contributed by atoms with Crippen LogP contribution in [0.5, 0.6) is 11.5 Å². The zero-order valence-corrected chi connectivity index (χ0v) is 18.2. The fourth-order valence-corrected chi connectivity index (χ4v) is 4.11. The summed E-state index contributed by atoms with van der Waals surface area (Å²) in [4.78, 5) is 39.1. The van der Waals surface area contributed by atoms with E-state index in [-0.39, 0.29) is 5.91 Å². The SMILES string of the molecule is CCOc1ccc(OC(C)C(=O)NNC(=O)C2CSCN2C(=O)c2ccccc2)cc1. The maximum absolute atomic E-state index is 12.7. The molecule has 0 aromatic heterocycles. The number of carbonyl (C=O) groups is 3. The molecule has 1 heterocycles. The van der Waals surface area contributed by atoms with E-state index in [4.69, 9.17) is 9.47 Å². The first-order valence-electron chi connectivity index (χ1n) is 9.92. The number of rotatable bonds is 7. The van der Waals surface area contributed by atoms with Gasteiger partial charge in [-0.2, -0.15) is 0 Å². The molecule has 164 valence electrons. The van der Waals surface area contributed by atoms with Crippen molar-refractivity contribution in [1.29, 1.82) is 0 Å². The van der Waals surface area contributed by atoms with E-state index in [1.807, 2.05) is 13.0 Å². The lowest BCUT2D eigenvalue weighted by molar-refractivity contribution is -0.134. The zero-order valence-electron chi connectivity index (χ0n) is 17.4. The second kappa shape index (κ2) is 10.7. The highest BCUT2D eigenvalue weighted by Crippen LogP contribution is 2.23. The van der Waals surface area contributed by atoms with Gasteiger partial charge in [-0.1, -0.05) is 18.2 Å². The first-order valence-corrected chi connectivity index (χ1v) is 11.1. The van der Waals surface area contributed by atoms with Crippen LogP contribution in [0.15, 0.2) is 54.6 Å². The molecule has 0 radical (unpaired) electrons. The van der Waals surface area contributed by atoms with Gasteiger partial charge in [-0.15, -0.1) is 11.8 Å². The van der Waals surface area contributed by atoms with Crippen LogP contribution in [0.2, 0.25) is 0 Å². The Balaban J connectivity index is 1.50. The fraction of sp³-hybridized carbons (Fsp3) is 0.318. The van der Waals surface area contributed by atoms with Crippen LogP contribution in [-0.4, -0.2) is 53.0 Å². The van der Waals surface area contributed by atoms with E-state index in [2.05, 4.69) is 10.9 Å². The van der Waals surface area contributed by atoms with Gasteiger partial charge in [0.05, 0.1) is 12.5 Å². The molecule has 2 atom stereocenters. The number of ether oxygens (including phenoxy) is 2. The molecule has 2 N–H and O–H groups in total. The number of hydrogen-bond acceptors (Lipinski definition) is 6. The average Bonchev–Trinajstić information content (AvgIpc) is 3.29. The highest BCUT2D eigenvalue weighted by Gasteiger charge is 2.35. The standard InChI is InChI=1S/C22H25N3O5S/c1-3-29-17-9-11-18(12-10-17)30-15(2)20(26)23-24-21(27)19-13-31-14-25(19)22(28)16-7-5-4-6-8-16/h4-12,15,19H,3,13-14H2,1-2H3,(H,23,26)(H,24,27). The molecule has 0 spiro atoms. The molecule has 9 heteroatoms. The quantitative estimate of drug-likeness (QED) is 0.637. The van der Waals surface area contributed by atoms with Crippen molar-refractivity contribution >= 4 is 29.5 Å². The Hall–Kier alpha value is -3.20. The second-order valence-electron chi connectivity index (χ2n) is 6.80. The lowest BCUT2D eigenvalue weighted by Crippen LogP contribution is -2.54. The molecule has 2 aromatic rings. The number of carbonyl (C=O) groups excluding carboxylic acids is 3. The summed E-state index contributed by atoms with van der Waals surface area (Å²) in [6.07, 6.45) is -0.835. The number of nitrogens with zero attached hydrogens (tertiary/aromatic N) is 1. The minimum Gasteiger partial charge on any atom is -0.494 e.